The van der Waals surface area contributed by atoms with Crippen LogP contribution in [0.5, 0.6) is 0 Å². The molecule has 4 fully saturated rings. The number of urea groups is 1. The van der Waals surface area contributed by atoms with Gasteiger partial charge in [-0.25, -0.2) is 4.79 Å². The van der Waals surface area contributed by atoms with E-state index in [1.807, 2.05) is 0 Å². The maximum atomic E-state index is 12.6. The number of amides is 2. The van der Waals surface area contributed by atoms with E-state index in [0.717, 1.165) is 35.8 Å². The summed E-state index contributed by atoms with van der Waals surface area (Å²) < 4.78 is 5.49. The summed E-state index contributed by atoms with van der Waals surface area (Å²) >= 11 is 1.66. The van der Waals surface area contributed by atoms with E-state index < -0.39 is 0 Å². The third kappa shape index (κ3) is 2.58. The van der Waals surface area contributed by atoms with Gasteiger partial charge in [-0.05, 0) is 74.3 Å². The van der Waals surface area contributed by atoms with Gasteiger partial charge in [0.05, 0.1) is 18.2 Å². The van der Waals surface area contributed by atoms with Crippen molar-refractivity contribution >= 4 is 22.4 Å². The second-order valence-corrected chi connectivity index (χ2v) is 9.28. The Morgan fingerprint density at radius 2 is 1.87 bits per heavy atom. The lowest BCUT2D eigenvalue weighted by Crippen LogP contribution is -2.60. The van der Waals surface area contributed by atoms with E-state index >= 15 is 0 Å². The Hall–Kier alpha value is -1.07. The smallest absolute Gasteiger partial charge is 0.320 e. The first-order valence-electron chi connectivity index (χ1n) is 8.96. The van der Waals surface area contributed by atoms with Crippen molar-refractivity contribution in [3.05, 3.63) is 16.5 Å². The van der Waals surface area contributed by atoms with Crippen molar-refractivity contribution in [2.24, 2.45) is 17.8 Å². The molecule has 5 aliphatic rings. The van der Waals surface area contributed by atoms with Crippen LogP contribution in [-0.4, -0.2) is 18.2 Å². The summed E-state index contributed by atoms with van der Waals surface area (Å²) in [5.74, 6) is 2.56. The van der Waals surface area contributed by atoms with E-state index in [1.54, 1.807) is 11.3 Å². The molecule has 0 spiro atoms. The van der Waals surface area contributed by atoms with Crippen LogP contribution in [0.25, 0.3) is 0 Å². The second-order valence-electron chi connectivity index (χ2n) is 8.14. The van der Waals surface area contributed by atoms with Gasteiger partial charge in [0.25, 0.3) is 0 Å². The maximum absolute atomic E-state index is 12.6. The topological polar surface area (TPSA) is 50.4 Å². The Bertz CT molecular complexity index is 580. The summed E-state index contributed by atoms with van der Waals surface area (Å²) in [5, 5.41) is 7.43. The number of hydrogen-bond donors (Lipinski definition) is 2. The molecule has 2 amide bonds. The fourth-order valence-electron chi connectivity index (χ4n) is 5.86. The van der Waals surface area contributed by atoms with Crippen LogP contribution in [0.3, 0.4) is 0 Å². The molecule has 5 heteroatoms. The molecule has 0 saturated heterocycles. The number of anilines is 1. The zero-order valence-electron chi connectivity index (χ0n) is 13.4. The second kappa shape index (κ2) is 5.21. The van der Waals surface area contributed by atoms with Gasteiger partial charge in [0.2, 0.25) is 0 Å². The Labute approximate surface area is 141 Å². The zero-order chi connectivity index (χ0) is 15.4. The summed E-state index contributed by atoms with van der Waals surface area (Å²) in [6.07, 6.45) is 8.76. The van der Waals surface area contributed by atoms with E-state index in [9.17, 15) is 4.79 Å². The van der Waals surface area contributed by atoms with Crippen molar-refractivity contribution in [3.63, 3.8) is 0 Å². The maximum Gasteiger partial charge on any atom is 0.320 e. The van der Waals surface area contributed by atoms with Gasteiger partial charge >= 0.3 is 6.03 Å². The first-order chi connectivity index (χ1) is 11.2. The minimum atomic E-state index is -0.00790. The molecule has 124 valence electrons. The highest BCUT2D eigenvalue weighted by molar-refractivity contribution is 7.16. The standard InChI is InChI=1S/C18H24N2O2S/c21-17(19-16-6-14-1-2-22-10-15(14)23-16)20-18-7-11-3-12(8-18)5-13(4-11)9-18/h6,11-13H,1-5,7-10H2,(H2,19,20,21). The van der Waals surface area contributed by atoms with Gasteiger partial charge in [-0.1, -0.05) is 0 Å². The van der Waals surface area contributed by atoms with Crippen molar-refractivity contribution in [2.45, 2.75) is 57.1 Å². The minimum absolute atomic E-state index is 0.00790. The molecule has 4 saturated carbocycles. The average molecular weight is 332 g/mol. The number of thiophene rings is 1. The van der Waals surface area contributed by atoms with Gasteiger partial charge in [-0.15, -0.1) is 11.3 Å². The van der Waals surface area contributed by atoms with Gasteiger partial charge in [-0.2, -0.15) is 0 Å². The van der Waals surface area contributed by atoms with Crippen LogP contribution in [0, 0.1) is 17.8 Å². The van der Waals surface area contributed by atoms with E-state index in [4.69, 9.17) is 4.74 Å². The molecule has 23 heavy (non-hydrogen) atoms. The predicted molar refractivity (Wildman–Crippen MR) is 90.7 cm³/mol. The summed E-state index contributed by atoms with van der Waals surface area (Å²) in [6.45, 7) is 1.49. The average Bonchev–Trinajstić information content (AvgIpc) is 2.86. The zero-order valence-corrected chi connectivity index (χ0v) is 14.2. The minimum Gasteiger partial charge on any atom is -0.376 e. The van der Waals surface area contributed by atoms with E-state index in [0.29, 0.717) is 6.61 Å². The molecule has 6 rings (SSSR count). The lowest BCUT2D eigenvalue weighted by atomic mass is 9.53. The monoisotopic (exact) mass is 332 g/mol. The van der Waals surface area contributed by atoms with E-state index in [2.05, 4.69) is 16.7 Å². The Morgan fingerprint density at radius 3 is 2.52 bits per heavy atom. The number of carbonyl (C=O) groups is 1. The molecule has 0 atom stereocenters. The van der Waals surface area contributed by atoms with Gasteiger partial charge in [0, 0.05) is 10.4 Å². The lowest BCUT2D eigenvalue weighted by Gasteiger charge is -2.56. The summed E-state index contributed by atoms with van der Waals surface area (Å²) in [4.78, 5) is 13.8. The molecule has 4 nitrogen and oxygen atoms in total. The molecule has 4 bridgehead atoms. The predicted octanol–water partition coefficient (Wildman–Crippen LogP) is 3.91. The molecule has 1 aliphatic heterocycles. The molecule has 1 aromatic heterocycles. The van der Waals surface area contributed by atoms with Crippen LogP contribution in [0.15, 0.2) is 6.07 Å². The van der Waals surface area contributed by atoms with Crippen LogP contribution < -0.4 is 10.6 Å². The molecule has 0 unspecified atom stereocenters. The van der Waals surface area contributed by atoms with Gasteiger partial charge in [0.1, 0.15) is 0 Å². The largest absolute Gasteiger partial charge is 0.376 e. The highest BCUT2D eigenvalue weighted by atomic mass is 32.1. The highest BCUT2D eigenvalue weighted by Gasteiger charge is 2.51. The van der Waals surface area contributed by atoms with Crippen molar-refractivity contribution in [2.75, 3.05) is 11.9 Å². The molecule has 2 N–H and O–H groups in total. The summed E-state index contributed by atoms with van der Waals surface area (Å²) in [7, 11) is 0. The van der Waals surface area contributed by atoms with Gasteiger partial charge in [0.15, 0.2) is 0 Å². The van der Waals surface area contributed by atoms with Gasteiger partial charge < -0.3 is 10.1 Å². The Morgan fingerprint density at radius 1 is 1.17 bits per heavy atom. The number of carbonyl (C=O) groups excluding carboxylic acids is 1. The quantitative estimate of drug-likeness (QED) is 0.862. The molecule has 0 radical (unpaired) electrons. The van der Waals surface area contributed by atoms with Crippen molar-refractivity contribution < 1.29 is 9.53 Å². The molecular formula is C18H24N2O2S. The molecule has 0 aromatic carbocycles. The van der Waals surface area contributed by atoms with Crippen LogP contribution in [0.4, 0.5) is 9.80 Å². The van der Waals surface area contributed by atoms with E-state index in [1.165, 1.54) is 49.0 Å². The summed E-state index contributed by atoms with van der Waals surface area (Å²) in [6, 6.07) is 2.12. The summed E-state index contributed by atoms with van der Waals surface area (Å²) in [5.41, 5.74) is 1.42. The van der Waals surface area contributed by atoms with Crippen LogP contribution in [0.1, 0.15) is 49.0 Å². The van der Waals surface area contributed by atoms with Crippen molar-refractivity contribution in [3.8, 4) is 0 Å². The molecule has 2 heterocycles. The van der Waals surface area contributed by atoms with Crippen molar-refractivity contribution in [1.82, 2.24) is 5.32 Å². The number of ether oxygens (including phenoxy) is 1. The fraction of sp³-hybridized carbons (Fsp3) is 0.722. The van der Waals surface area contributed by atoms with Crippen LogP contribution >= 0.6 is 11.3 Å². The first-order valence-corrected chi connectivity index (χ1v) is 9.78. The third-order valence-corrected chi connectivity index (χ3v) is 7.37. The Balaban J connectivity index is 1.27. The third-order valence-electron chi connectivity index (χ3n) is 6.30. The van der Waals surface area contributed by atoms with Crippen LogP contribution in [-0.2, 0) is 17.8 Å². The number of fused-ring (bicyclic) bond motifs is 1. The van der Waals surface area contributed by atoms with Crippen LogP contribution in [0.2, 0.25) is 0 Å². The number of nitrogens with one attached hydrogen (secondary N) is 2. The van der Waals surface area contributed by atoms with Crippen molar-refractivity contribution in [1.29, 1.82) is 0 Å². The van der Waals surface area contributed by atoms with Gasteiger partial charge in [-0.3, -0.25) is 5.32 Å². The molecule has 1 aromatic rings. The first kappa shape index (κ1) is 14.3. The van der Waals surface area contributed by atoms with E-state index in [-0.39, 0.29) is 11.6 Å². The molecule has 4 aliphatic carbocycles. The highest BCUT2D eigenvalue weighted by Crippen LogP contribution is 2.55. The lowest BCUT2D eigenvalue weighted by molar-refractivity contribution is -0.0127. The number of rotatable bonds is 2. The SMILES string of the molecule is O=C(Nc1cc2c(s1)COCC2)NC12CC3CC(CC(C3)C1)C2. The number of hydrogen-bond acceptors (Lipinski definition) is 3. The normalized spacial score (nSPS) is 37.5. The fourth-order valence-corrected chi connectivity index (χ4v) is 6.90. The molecular weight excluding hydrogens is 308 g/mol. The Kier molecular flexibility index (Phi) is 3.24.